The Morgan fingerprint density at radius 1 is 1.62 bits per heavy atom. The molecule has 0 fully saturated rings. The lowest BCUT2D eigenvalue weighted by atomic mass is 10.1. The predicted octanol–water partition coefficient (Wildman–Crippen LogP) is 3.38. The molecule has 0 aliphatic heterocycles. The number of hydrogen-bond donors (Lipinski definition) is 1. The molecule has 0 aromatic carbocycles. The van der Waals surface area contributed by atoms with Crippen molar-refractivity contribution in [3.8, 4) is 0 Å². The molecule has 4 heteroatoms. The first-order valence-electron chi connectivity index (χ1n) is 3.79. The van der Waals surface area contributed by atoms with Gasteiger partial charge in [0.05, 0.1) is 0 Å². The maximum atomic E-state index is 12.5. The number of allylic oxidation sites excluding steroid dienone is 5. The summed E-state index contributed by atoms with van der Waals surface area (Å²) in [6, 6.07) is 0. The molecular weight excluding hydrogens is 287 g/mol. The number of halogens is 3. The van der Waals surface area contributed by atoms with Crippen molar-refractivity contribution in [2.45, 2.75) is 19.8 Å². The van der Waals surface area contributed by atoms with E-state index in [1.165, 1.54) is 12.2 Å². The number of hydrogen-bond acceptors (Lipinski definition) is 1. The standard InChI is InChI=1S/C9H12F2IN/c1-3-5-6(12)8(9(10)11)7(13)4-2/h3,5,9H,1,4,13H2,2H3/b6-5+,8-7+. The fourth-order valence-corrected chi connectivity index (χ4v) is 1.62. The second-order valence-electron chi connectivity index (χ2n) is 2.34. The molecule has 13 heavy (non-hydrogen) atoms. The van der Waals surface area contributed by atoms with Crippen LogP contribution in [0, 0.1) is 0 Å². The van der Waals surface area contributed by atoms with Crippen LogP contribution in [0.3, 0.4) is 0 Å². The van der Waals surface area contributed by atoms with E-state index in [1.54, 1.807) is 6.92 Å². The van der Waals surface area contributed by atoms with E-state index in [4.69, 9.17) is 5.73 Å². The molecule has 0 rings (SSSR count). The van der Waals surface area contributed by atoms with Gasteiger partial charge in [0.2, 0.25) is 0 Å². The van der Waals surface area contributed by atoms with E-state index in [1.807, 2.05) is 22.6 Å². The molecule has 2 N–H and O–H groups in total. The summed E-state index contributed by atoms with van der Waals surface area (Å²) in [5.41, 5.74) is 5.62. The van der Waals surface area contributed by atoms with Gasteiger partial charge in [0.15, 0.2) is 0 Å². The maximum Gasteiger partial charge on any atom is 0.266 e. The third-order valence-corrected chi connectivity index (χ3v) is 2.41. The molecule has 0 aromatic heterocycles. The maximum absolute atomic E-state index is 12.5. The summed E-state index contributed by atoms with van der Waals surface area (Å²) in [4.78, 5) is 0. The highest BCUT2D eigenvalue weighted by Crippen LogP contribution is 2.26. The zero-order valence-electron chi connectivity index (χ0n) is 7.36. The summed E-state index contributed by atoms with van der Waals surface area (Å²) in [5, 5.41) is 0. The van der Waals surface area contributed by atoms with Crippen LogP contribution in [0.2, 0.25) is 0 Å². The summed E-state index contributed by atoms with van der Waals surface area (Å²) in [7, 11) is 0. The Kier molecular flexibility index (Phi) is 5.94. The number of alkyl halides is 2. The van der Waals surface area contributed by atoms with Crippen LogP contribution >= 0.6 is 22.6 Å². The average Bonchev–Trinajstić information content (AvgIpc) is 2.04. The second kappa shape index (κ2) is 6.12. The Labute approximate surface area is 90.5 Å². The van der Waals surface area contributed by atoms with Crippen LogP contribution in [-0.4, -0.2) is 6.43 Å². The van der Waals surface area contributed by atoms with Gasteiger partial charge < -0.3 is 5.73 Å². The molecule has 0 heterocycles. The summed E-state index contributed by atoms with van der Waals surface area (Å²) in [5.74, 6) is 0. The lowest BCUT2D eigenvalue weighted by Crippen LogP contribution is -2.08. The fourth-order valence-electron chi connectivity index (χ4n) is 0.781. The summed E-state index contributed by atoms with van der Waals surface area (Å²) >= 11 is 1.83. The zero-order valence-corrected chi connectivity index (χ0v) is 9.52. The van der Waals surface area contributed by atoms with Crippen molar-refractivity contribution >= 4 is 22.6 Å². The number of rotatable bonds is 4. The monoisotopic (exact) mass is 299 g/mol. The van der Waals surface area contributed by atoms with Gasteiger partial charge in [-0.2, -0.15) is 0 Å². The molecule has 74 valence electrons. The van der Waals surface area contributed by atoms with Crippen LogP contribution < -0.4 is 5.73 Å². The van der Waals surface area contributed by atoms with Crippen LogP contribution in [0.5, 0.6) is 0 Å². The van der Waals surface area contributed by atoms with E-state index in [-0.39, 0.29) is 11.3 Å². The highest BCUT2D eigenvalue weighted by atomic mass is 127. The first-order valence-corrected chi connectivity index (χ1v) is 4.87. The van der Waals surface area contributed by atoms with Crippen LogP contribution in [0.15, 0.2) is 33.6 Å². The number of nitrogens with two attached hydrogens (primary N) is 1. The van der Waals surface area contributed by atoms with Gasteiger partial charge in [-0.1, -0.05) is 19.6 Å². The Hall–Kier alpha value is -0.390. The molecular formula is C9H12F2IN. The quantitative estimate of drug-likeness (QED) is 0.625. The lowest BCUT2D eigenvalue weighted by molar-refractivity contribution is 0.192. The molecule has 0 saturated heterocycles. The van der Waals surface area contributed by atoms with E-state index >= 15 is 0 Å². The van der Waals surface area contributed by atoms with Crippen molar-refractivity contribution in [2.75, 3.05) is 0 Å². The molecule has 0 atom stereocenters. The zero-order chi connectivity index (χ0) is 10.4. The Morgan fingerprint density at radius 2 is 2.15 bits per heavy atom. The third kappa shape index (κ3) is 3.89. The molecule has 0 radical (unpaired) electrons. The van der Waals surface area contributed by atoms with Crippen LogP contribution in [0.4, 0.5) is 8.78 Å². The van der Waals surface area contributed by atoms with Crippen molar-refractivity contribution < 1.29 is 8.78 Å². The van der Waals surface area contributed by atoms with E-state index in [0.29, 0.717) is 10.0 Å². The highest BCUT2D eigenvalue weighted by Gasteiger charge is 2.16. The van der Waals surface area contributed by atoms with E-state index in [9.17, 15) is 8.78 Å². The second-order valence-corrected chi connectivity index (χ2v) is 3.51. The lowest BCUT2D eigenvalue weighted by Gasteiger charge is -2.08. The molecule has 0 aliphatic carbocycles. The van der Waals surface area contributed by atoms with Gasteiger partial charge in [0, 0.05) is 14.8 Å². The predicted molar refractivity (Wildman–Crippen MR) is 59.8 cm³/mol. The Bertz CT molecular complexity index is 244. The molecule has 0 saturated carbocycles. The third-order valence-electron chi connectivity index (χ3n) is 1.47. The minimum Gasteiger partial charge on any atom is -0.402 e. The Balaban J connectivity index is 5.04. The molecule has 0 unspecified atom stereocenters. The molecule has 0 spiro atoms. The van der Waals surface area contributed by atoms with E-state index in [2.05, 4.69) is 6.58 Å². The first-order chi connectivity index (χ1) is 6.04. The van der Waals surface area contributed by atoms with Crippen LogP contribution in [-0.2, 0) is 0 Å². The van der Waals surface area contributed by atoms with Gasteiger partial charge >= 0.3 is 0 Å². The van der Waals surface area contributed by atoms with Crippen molar-refractivity contribution in [2.24, 2.45) is 5.73 Å². The molecule has 0 aromatic rings. The highest BCUT2D eigenvalue weighted by molar-refractivity contribution is 14.1. The molecule has 0 bridgehead atoms. The van der Waals surface area contributed by atoms with Gasteiger partial charge in [-0.05, 0) is 35.1 Å². The normalized spacial score (nSPS) is 14.4. The molecule has 0 amide bonds. The SMILES string of the molecule is C=C/C=C(I)\C(=C(/N)CC)C(F)F. The topological polar surface area (TPSA) is 26.0 Å². The van der Waals surface area contributed by atoms with Crippen molar-refractivity contribution in [1.82, 2.24) is 0 Å². The smallest absolute Gasteiger partial charge is 0.266 e. The molecule has 0 aliphatic rings. The van der Waals surface area contributed by atoms with Crippen molar-refractivity contribution in [1.29, 1.82) is 0 Å². The van der Waals surface area contributed by atoms with Gasteiger partial charge in [-0.15, -0.1) is 0 Å². The van der Waals surface area contributed by atoms with Gasteiger partial charge in [0.25, 0.3) is 6.43 Å². The van der Waals surface area contributed by atoms with Crippen molar-refractivity contribution in [3.05, 3.63) is 33.6 Å². The van der Waals surface area contributed by atoms with Crippen LogP contribution in [0.25, 0.3) is 0 Å². The summed E-state index contributed by atoms with van der Waals surface area (Å²) in [6.07, 6.45) is 0.887. The van der Waals surface area contributed by atoms with E-state index < -0.39 is 6.43 Å². The van der Waals surface area contributed by atoms with Gasteiger partial charge in [0.1, 0.15) is 0 Å². The van der Waals surface area contributed by atoms with Crippen LogP contribution in [0.1, 0.15) is 13.3 Å². The minimum absolute atomic E-state index is 0.0806. The minimum atomic E-state index is -2.52. The molecule has 1 nitrogen and oxygen atoms in total. The largest absolute Gasteiger partial charge is 0.402 e. The average molecular weight is 299 g/mol. The summed E-state index contributed by atoms with van der Waals surface area (Å²) < 4.78 is 25.4. The van der Waals surface area contributed by atoms with E-state index in [0.717, 1.165) is 0 Å². The Morgan fingerprint density at radius 3 is 2.46 bits per heavy atom. The van der Waals surface area contributed by atoms with Crippen molar-refractivity contribution in [3.63, 3.8) is 0 Å². The van der Waals surface area contributed by atoms with Gasteiger partial charge in [-0.25, -0.2) is 8.78 Å². The fraction of sp³-hybridized carbons (Fsp3) is 0.333. The van der Waals surface area contributed by atoms with Gasteiger partial charge in [-0.3, -0.25) is 0 Å². The first kappa shape index (κ1) is 12.6. The summed E-state index contributed by atoms with van der Waals surface area (Å²) in [6.45, 7) is 5.18.